The van der Waals surface area contributed by atoms with Gasteiger partial charge >= 0.3 is 0 Å². The topological polar surface area (TPSA) is 55.1 Å². The van der Waals surface area contributed by atoms with Crippen molar-refractivity contribution in [3.05, 3.63) is 35.4 Å². The average molecular weight is 232 g/mol. The molecule has 2 rings (SSSR count). The first-order valence-electron chi connectivity index (χ1n) is 6.28. The molecule has 1 aliphatic rings. The van der Waals surface area contributed by atoms with E-state index in [4.69, 9.17) is 5.73 Å². The first-order valence-corrected chi connectivity index (χ1v) is 6.28. The van der Waals surface area contributed by atoms with E-state index in [2.05, 4.69) is 29.6 Å². The van der Waals surface area contributed by atoms with Crippen molar-refractivity contribution >= 4 is 5.91 Å². The van der Waals surface area contributed by atoms with Crippen LogP contribution < -0.4 is 11.1 Å². The van der Waals surface area contributed by atoms with E-state index in [-0.39, 0.29) is 17.9 Å². The molecule has 0 radical (unpaired) electrons. The van der Waals surface area contributed by atoms with Crippen LogP contribution in [0.3, 0.4) is 0 Å². The molecule has 0 saturated carbocycles. The fraction of sp³-hybridized carbons (Fsp3) is 0.500. The monoisotopic (exact) mass is 232 g/mol. The highest BCUT2D eigenvalue weighted by Gasteiger charge is 2.21. The molecule has 92 valence electrons. The Hall–Kier alpha value is -1.35. The Morgan fingerprint density at radius 1 is 1.47 bits per heavy atom. The first-order chi connectivity index (χ1) is 8.20. The van der Waals surface area contributed by atoms with Crippen molar-refractivity contribution in [2.75, 3.05) is 6.54 Å². The summed E-state index contributed by atoms with van der Waals surface area (Å²) in [7, 11) is 0. The number of hydrogen-bond acceptors (Lipinski definition) is 2. The molecule has 0 fully saturated rings. The lowest BCUT2D eigenvalue weighted by Crippen LogP contribution is -2.42. The Kier molecular flexibility index (Phi) is 3.79. The molecule has 3 N–H and O–H groups in total. The van der Waals surface area contributed by atoms with Crippen LogP contribution in [0.15, 0.2) is 24.3 Å². The van der Waals surface area contributed by atoms with Gasteiger partial charge in [0.15, 0.2) is 0 Å². The Bertz CT molecular complexity index is 403. The van der Waals surface area contributed by atoms with Crippen molar-refractivity contribution in [3.63, 3.8) is 0 Å². The SMILES string of the molecule is CC(CN)C(=O)NC1CCc2ccccc2C1. The quantitative estimate of drug-likeness (QED) is 0.824. The van der Waals surface area contributed by atoms with E-state index in [1.807, 2.05) is 6.92 Å². The van der Waals surface area contributed by atoms with Gasteiger partial charge in [0.1, 0.15) is 0 Å². The number of benzene rings is 1. The summed E-state index contributed by atoms with van der Waals surface area (Å²) in [6.45, 7) is 2.28. The van der Waals surface area contributed by atoms with Crippen LogP contribution >= 0.6 is 0 Å². The summed E-state index contributed by atoms with van der Waals surface area (Å²) < 4.78 is 0. The molecular formula is C14H20N2O. The number of hydrogen-bond donors (Lipinski definition) is 2. The molecule has 2 atom stereocenters. The van der Waals surface area contributed by atoms with Crippen LogP contribution in [0.2, 0.25) is 0 Å². The molecule has 1 aromatic rings. The van der Waals surface area contributed by atoms with Gasteiger partial charge in [-0.05, 0) is 30.4 Å². The van der Waals surface area contributed by atoms with Gasteiger partial charge in [-0.15, -0.1) is 0 Å². The lowest BCUT2D eigenvalue weighted by molar-refractivity contribution is -0.125. The highest BCUT2D eigenvalue weighted by molar-refractivity contribution is 5.78. The van der Waals surface area contributed by atoms with Crippen LogP contribution in [0.25, 0.3) is 0 Å². The van der Waals surface area contributed by atoms with Crippen molar-refractivity contribution in [2.45, 2.75) is 32.2 Å². The van der Waals surface area contributed by atoms with Gasteiger partial charge in [0.2, 0.25) is 5.91 Å². The Labute approximate surface area is 102 Å². The fourth-order valence-electron chi connectivity index (χ4n) is 2.27. The van der Waals surface area contributed by atoms with Crippen LogP contribution in [0, 0.1) is 5.92 Å². The molecule has 2 unspecified atom stereocenters. The molecule has 1 aliphatic carbocycles. The number of carbonyl (C=O) groups excluding carboxylic acids is 1. The van der Waals surface area contributed by atoms with E-state index in [9.17, 15) is 4.79 Å². The third-order valence-corrected chi connectivity index (χ3v) is 3.49. The number of rotatable bonds is 3. The molecule has 0 spiro atoms. The zero-order chi connectivity index (χ0) is 12.3. The molecule has 0 aromatic heterocycles. The van der Waals surface area contributed by atoms with Crippen LogP contribution in [0.1, 0.15) is 24.5 Å². The second-order valence-corrected chi connectivity index (χ2v) is 4.85. The Morgan fingerprint density at radius 3 is 2.88 bits per heavy atom. The highest BCUT2D eigenvalue weighted by atomic mass is 16.1. The average Bonchev–Trinajstić information content (AvgIpc) is 2.37. The van der Waals surface area contributed by atoms with Crippen molar-refractivity contribution in [3.8, 4) is 0 Å². The summed E-state index contributed by atoms with van der Waals surface area (Å²) in [6.07, 6.45) is 3.03. The van der Waals surface area contributed by atoms with Gasteiger partial charge < -0.3 is 11.1 Å². The van der Waals surface area contributed by atoms with Crippen LogP contribution in [-0.4, -0.2) is 18.5 Å². The van der Waals surface area contributed by atoms with E-state index in [0.29, 0.717) is 6.54 Å². The largest absolute Gasteiger partial charge is 0.353 e. The third kappa shape index (κ3) is 2.86. The summed E-state index contributed by atoms with van der Waals surface area (Å²) in [5.41, 5.74) is 8.28. The second kappa shape index (κ2) is 5.32. The molecule has 0 heterocycles. The van der Waals surface area contributed by atoms with Gasteiger partial charge in [-0.25, -0.2) is 0 Å². The second-order valence-electron chi connectivity index (χ2n) is 4.85. The minimum absolute atomic E-state index is 0.0804. The summed E-state index contributed by atoms with van der Waals surface area (Å²) >= 11 is 0. The maximum Gasteiger partial charge on any atom is 0.224 e. The van der Waals surface area contributed by atoms with E-state index >= 15 is 0 Å². The van der Waals surface area contributed by atoms with Crippen molar-refractivity contribution < 1.29 is 4.79 Å². The van der Waals surface area contributed by atoms with Crippen molar-refractivity contribution in [1.82, 2.24) is 5.32 Å². The van der Waals surface area contributed by atoms with Crippen molar-refractivity contribution in [1.29, 1.82) is 0 Å². The predicted molar refractivity (Wildman–Crippen MR) is 68.6 cm³/mol. The molecule has 17 heavy (non-hydrogen) atoms. The molecule has 1 amide bonds. The number of aryl methyl sites for hydroxylation is 1. The van der Waals surface area contributed by atoms with Gasteiger partial charge in [0.05, 0.1) is 0 Å². The Balaban J connectivity index is 1.96. The minimum Gasteiger partial charge on any atom is -0.353 e. The van der Waals surface area contributed by atoms with Gasteiger partial charge in [-0.2, -0.15) is 0 Å². The number of nitrogens with one attached hydrogen (secondary N) is 1. The molecule has 1 aromatic carbocycles. The lowest BCUT2D eigenvalue weighted by atomic mass is 9.88. The number of fused-ring (bicyclic) bond motifs is 1. The van der Waals surface area contributed by atoms with Crippen LogP contribution in [0.4, 0.5) is 0 Å². The molecule has 0 bridgehead atoms. The van der Waals surface area contributed by atoms with Crippen LogP contribution in [-0.2, 0) is 17.6 Å². The summed E-state index contributed by atoms with van der Waals surface area (Å²) in [4.78, 5) is 11.8. The van der Waals surface area contributed by atoms with Gasteiger partial charge in [-0.3, -0.25) is 4.79 Å². The Morgan fingerprint density at radius 2 is 2.18 bits per heavy atom. The highest BCUT2D eigenvalue weighted by Crippen LogP contribution is 2.21. The zero-order valence-electron chi connectivity index (χ0n) is 10.3. The predicted octanol–water partition coefficient (Wildman–Crippen LogP) is 1.25. The smallest absolute Gasteiger partial charge is 0.224 e. The van der Waals surface area contributed by atoms with Gasteiger partial charge in [-0.1, -0.05) is 31.2 Å². The normalized spacial score (nSPS) is 20.5. The van der Waals surface area contributed by atoms with Crippen molar-refractivity contribution in [2.24, 2.45) is 11.7 Å². The molecule has 0 saturated heterocycles. The summed E-state index contributed by atoms with van der Waals surface area (Å²) in [6, 6.07) is 8.74. The van der Waals surface area contributed by atoms with Gasteiger partial charge in [0.25, 0.3) is 0 Å². The zero-order valence-corrected chi connectivity index (χ0v) is 10.3. The summed E-state index contributed by atoms with van der Waals surface area (Å²) in [5, 5.41) is 3.09. The van der Waals surface area contributed by atoms with Gasteiger partial charge in [0, 0.05) is 18.5 Å². The van der Waals surface area contributed by atoms with E-state index in [1.165, 1.54) is 11.1 Å². The first kappa shape index (κ1) is 12.1. The maximum absolute atomic E-state index is 11.8. The van der Waals surface area contributed by atoms with Crippen LogP contribution in [0.5, 0.6) is 0 Å². The molecule has 0 aliphatic heterocycles. The number of carbonyl (C=O) groups is 1. The maximum atomic E-state index is 11.8. The van der Waals surface area contributed by atoms with E-state index in [1.54, 1.807) is 0 Å². The third-order valence-electron chi connectivity index (χ3n) is 3.49. The standard InChI is InChI=1S/C14H20N2O/c1-10(9-15)14(17)16-13-7-6-11-4-2-3-5-12(11)8-13/h2-5,10,13H,6-9,15H2,1H3,(H,16,17). The molecule has 3 heteroatoms. The molecule has 3 nitrogen and oxygen atoms in total. The summed E-state index contributed by atoms with van der Waals surface area (Å²) in [5.74, 6) is -0.0101. The minimum atomic E-state index is -0.0906. The van der Waals surface area contributed by atoms with E-state index in [0.717, 1.165) is 19.3 Å². The van der Waals surface area contributed by atoms with E-state index < -0.39 is 0 Å². The fourth-order valence-corrected chi connectivity index (χ4v) is 2.27. The lowest BCUT2D eigenvalue weighted by Gasteiger charge is -2.26. The molecular weight excluding hydrogens is 212 g/mol. The number of nitrogens with two attached hydrogens (primary N) is 1. The number of amides is 1.